The van der Waals surface area contributed by atoms with Gasteiger partial charge in [-0.05, 0) is 11.6 Å². The van der Waals surface area contributed by atoms with E-state index in [9.17, 15) is 0 Å². The van der Waals surface area contributed by atoms with Gasteiger partial charge in [0.1, 0.15) is 0 Å². The van der Waals surface area contributed by atoms with Crippen molar-refractivity contribution < 1.29 is 0 Å². The smallest absolute Gasteiger partial charge is 0.265 e. The molecule has 1 saturated heterocycles. The second kappa shape index (κ2) is 3.76. The second-order valence-electron chi connectivity index (χ2n) is 4.06. The zero-order valence-electron chi connectivity index (χ0n) is 8.53. The van der Waals surface area contributed by atoms with Gasteiger partial charge in [0, 0.05) is 23.6 Å². The first-order chi connectivity index (χ1) is 6.67. The van der Waals surface area contributed by atoms with Crippen LogP contribution >= 0.6 is 11.8 Å². The van der Waals surface area contributed by atoms with Gasteiger partial charge in [0.25, 0.3) is 5.95 Å². The minimum absolute atomic E-state index is 0.373. The lowest BCUT2D eigenvalue weighted by atomic mass is 10.1. The number of anilines is 1. The maximum atomic E-state index is 4.00. The van der Waals surface area contributed by atoms with Gasteiger partial charge in [-0.2, -0.15) is 17.0 Å². The topological polar surface area (TPSA) is 57.7 Å². The number of hydrogen-bond acceptors (Lipinski definition) is 5. The quantitative estimate of drug-likeness (QED) is 0.752. The summed E-state index contributed by atoms with van der Waals surface area (Å²) in [7, 11) is 0. The molecule has 0 radical (unpaired) electrons. The van der Waals surface area contributed by atoms with Gasteiger partial charge >= 0.3 is 0 Å². The number of thioether (sulfide) groups is 1. The molecule has 2 heterocycles. The number of hydrogen-bond donors (Lipinski definition) is 1. The summed E-state index contributed by atoms with van der Waals surface area (Å²) in [4.78, 5) is 2.19. The molecule has 0 amide bonds. The van der Waals surface area contributed by atoms with Crippen LogP contribution in [0, 0.1) is 0 Å². The highest BCUT2D eigenvalue weighted by atomic mass is 32.2. The fourth-order valence-corrected chi connectivity index (χ4v) is 2.61. The van der Waals surface area contributed by atoms with Gasteiger partial charge in [0.15, 0.2) is 0 Å². The summed E-state index contributed by atoms with van der Waals surface area (Å²) in [5, 5.41) is 14.1. The molecule has 0 saturated carbocycles. The first-order valence-electron chi connectivity index (χ1n) is 4.80. The standard InChI is InChI=1S/C8H15N5S/c1-8(2)3-4-13(5-6-14-8)7-9-11-12-10-7/h3-6H2,1-2H3,(H,9,10,11,12). The molecule has 14 heavy (non-hydrogen) atoms. The Labute approximate surface area is 87.6 Å². The molecule has 0 spiro atoms. The third-order valence-electron chi connectivity index (χ3n) is 2.45. The summed E-state index contributed by atoms with van der Waals surface area (Å²) in [5.41, 5.74) is 0. The maximum absolute atomic E-state index is 4.00. The average Bonchev–Trinajstić information content (AvgIpc) is 2.58. The van der Waals surface area contributed by atoms with Gasteiger partial charge < -0.3 is 4.90 Å². The van der Waals surface area contributed by atoms with E-state index in [1.54, 1.807) is 0 Å². The summed E-state index contributed by atoms with van der Waals surface area (Å²) in [6.07, 6.45) is 1.16. The van der Waals surface area contributed by atoms with Gasteiger partial charge in [-0.15, -0.1) is 5.10 Å². The van der Waals surface area contributed by atoms with Crippen LogP contribution in [0.4, 0.5) is 5.95 Å². The molecule has 0 bridgehead atoms. The summed E-state index contributed by atoms with van der Waals surface area (Å²) in [6, 6.07) is 0. The van der Waals surface area contributed by atoms with Gasteiger partial charge in [-0.1, -0.05) is 18.9 Å². The monoisotopic (exact) mass is 213 g/mol. The molecule has 1 N–H and O–H groups in total. The molecule has 1 aromatic heterocycles. The summed E-state index contributed by atoms with van der Waals surface area (Å²) < 4.78 is 0.373. The Morgan fingerprint density at radius 3 is 3.00 bits per heavy atom. The number of rotatable bonds is 1. The van der Waals surface area contributed by atoms with Crippen molar-refractivity contribution in [3.8, 4) is 0 Å². The lowest BCUT2D eigenvalue weighted by molar-refractivity contribution is 0.632. The van der Waals surface area contributed by atoms with Crippen LogP contribution in [0.5, 0.6) is 0 Å². The van der Waals surface area contributed by atoms with Gasteiger partial charge in [-0.3, -0.25) is 0 Å². The normalized spacial score (nSPS) is 22.0. The maximum Gasteiger partial charge on any atom is 0.265 e. The number of aromatic amines is 1. The molecule has 6 heteroatoms. The van der Waals surface area contributed by atoms with Crippen LogP contribution in [0.2, 0.25) is 0 Å². The largest absolute Gasteiger partial charge is 0.337 e. The minimum atomic E-state index is 0.373. The molecular weight excluding hydrogens is 198 g/mol. The third kappa shape index (κ3) is 2.17. The Hall–Kier alpha value is -0.780. The van der Waals surface area contributed by atoms with Crippen LogP contribution in [-0.4, -0.2) is 44.2 Å². The second-order valence-corrected chi connectivity index (χ2v) is 5.86. The van der Waals surface area contributed by atoms with Crippen molar-refractivity contribution in [2.24, 2.45) is 0 Å². The third-order valence-corrected chi connectivity index (χ3v) is 3.83. The fourth-order valence-electron chi connectivity index (χ4n) is 1.51. The molecule has 78 valence electrons. The molecule has 1 aliphatic heterocycles. The molecule has 0 unspecified atom stereocenters. The predicted molar refractivity (Wildman–Crippen MR) is 57.5 cm³/mol. The number of tetrazole rings is 1. The van der Waals surface area contributed by atoms with Crippen LogP contribution in [0.25, 0.3) is 0 Å². The molecule has 0 aliphatic carbocycles. The van der Waals surface area contributed by atoms with Crippen LogP contribution in [0.1, 0.15) is 20.3 Å². The molecule has 5 nitrogen and oxygen atoms in total. The first-order valence-corrected chi connectivity index (χ1v) is 5.78. The molecule has 1 aliphatic rings. The Morgan fingerprint density at radius 2 is 2.29 bits per heavy atom. The van der Waals surface area contributed by atoms with E-state index in [0.717, 1.165) is 31.2 Å². The van der Waals surface area contributed by atoms with Gasteiger partial charge in [-0.25, -0.2) is 0 Å². The highest BCUT2D eigenvalue weighted by molar-refractivity contribution is 8.00. The van der Waals surface area contributed by atoms with E-state index in [1.807, 2.05) is 11.8 Å². The lowest BCUT2D eigenvalue weighted by Crippen LogP contribution is -2.27. The fraction of sp³-hybridized carbons (Fsp3) is 0.875. The van der Waals surface area contributed by atoms with Crippen LogP contribution < -0.4 is 4.90 Å². The molecule has 0 aromatic carbocycles. The lowest BCUT2D eigenvalue weighted by Gasteiger charge is -2.21. The van der Waals surface area contributed by atoms with Crippen molar-refractivity contribution in [1.29, 1.82) is 0 Å². The zero-order chi connectivity index (χ0) is 10.0. The predicted octanol–water partition coefficient (Wildman–Crippen LogP) is 0.922. The summed E-state index contributed by atoms with van der Waals surface area (Å²) in [5.74, 6) is 1.85. The van der Waals surface area contributed by atoms with Crippen LogP contribution in [-0.2, 0) is 0 Å². The number of nitrogens with zero attached hydrogens (tertiary/aromatic N) is 4. The summed E-state index contributed by atoms with van der Waals surface area (Å²) in [6.45, 7) is 6.60. The SMILES string of the molecule is CC1(C)CCN(c2nn[nH]n2)CCS1. The summed E-state index contributed by atoms with van der Waals surface area (Å²) >= 11 is 2.01. The molecule has 0 atom stereocenters. The van der Waals surface area contributed by atoms with E-state index >= 15 is 0 Å². The molecular formula is C8H15N5S. The molecule has 2 rings (SSSR count). The number of aromatic nitrogens is 4. The van der Waals surface area contributed by atoms with E-state index in [2.05, 4.69) is 39.4 Å². The average molecular weight is 213 g/mol. The van der Waals surface area contributed by atoms with E-state index in [4.69, 9.17) is 0 Å². The van der Waals surface area contributed by atoms with E-state index in [0.29, 0.717) is 4.75 Å². The zero-order valence-corrected chi connectivity index (χ0v) is 9.34. The van der Waals surface area contributed by atoms with Crippen molar-refractivity contribution in [2.45, 2.75) is 25.0 Å². The van der Waals surface area contributed by atoms with Crippen molar-refractivity contribution in [3.63, 3.8) is 0 Å². The van der Waals surface area contributed by atoms with Crippen molar-refractivity contribution in [2.75, 3.05) is 23.7 Å². The van der Waals surface area contributed by atoms with Gasteiger partial charge in [0.05, 0.1) is 0 Å². The Bertz CT molecular complexity index is 284. The van der Waals surface area contributed by atoms with Gasteiger partial charge in [0.2, 0.25) is 0 Å². The minimum Gasteiger partial charge on any atom is -0.337 e. The number of nitrogens with one attached hydrogen (secondary N) is 1. The van der Waals surface area contributed by atoms with Crippen LogP contribution in [0.15, 0.2) is 0 Å². The first kappa shape index (κ1) is 9.76. The van der Waals surface area contributed by atoms with Crippen molar-refractivity contribution in [1.82, 2.24) is 20.6 Å². The van der Waals surface area contributed by atoms with E-state index < -0.39 is 0 Å². The van der Waals surface area contributed by atoms with E-state index in [-0.39, 0.29) is 0 Å². The molecule has 1 aromatic rings. The van der Waals surface area contributed by atoms with Crippen molar-refractivity contribution >= 4 is 17.7 Å². The Morgan fingerprint density at radius 1 is 1.43 bits per heavy atom. The number of H-pyrrole nitrogens is 1. The van der Waals surface area contributed by atoms with Crippen molar-refractivity contribution in [3.05, 3.63) is 0 Å². The van der Waals surface area contributed by atoms with E-state index in [1.165, 1.54) is 0 Å². The van der Waals surface area contributed by atoms with Crippen LogP contribution in [0.3, 0.4) is 0 Å². The highest BCUT2D eigenvalue weighted by Gasteiger charge is 2.24. The Balaban J connectivity index is 2.03. The highest BCUT2D eigenvalue weighted by Crippen LogP contribution is 2.31. The Kier molecular flexibility index (Phi) is 2.62. The molecule has 1 fully saturated rings.